The van der Waals surface area contributed by atoms with Gasteiger partial charge in [0.15, 0.2) is 0 Å². The summed E-state index contributed by atoms with van der Waals surface area (Å²) in [6.07, 6.45) is -3.37. The average Bonchev–Trinajstić information content (AvgIpc) is 3.24. The van der Waals surface area contributed by atoms with E-state index < -0.39 is 45.5 Å². The first-order chi connectivity index (χ1) is 14.8. The SMILES string of the molecule is CC(C)(n1cc(C(=O)O)c(=O)c2cc(F)c(N3CC4CCOC4(CN)C3)cc21)C(F)(F)F. The van der Waals surface area contributed by atoms with Crippen molar-refractivity contribution in [2.75, 3.05) is 31.1 Å². The summed E-state index contributed by atoms with van der Waals surface area (Å²) in [7, 11) is 0. The zero-order valence-corrected chi connectivity index (χ0v) is 17.5. The third kappa shape index (κ3) is 3.17. The summed E-state index contributed by atoms with van der Waals surface area (Å²) in [6, 6.07) is 1.99. The lowest BCUT2D eigenvalue weighted by Crippen LogP contribution is -2.44. The third-order valence-electron chi connectivity index (χ3n) is 6.78. The molecule has 4 rings (SSSR count). The molecule has 0 bridgehead atoms. The second-order valence-electron chi connectivity index (χ2n) is 8.91. The summed E-state index contributed by atoms with van der Waals surface area (Å²) in [5, 5.41) is 8.90. The molecule has 2 atom stereocenters. The summed E-state index contributed by atoms with van der Waals surface area (Å²) in [5.74, 6) is -2.48. The Kier molecular flexibility index (Phi) is 5.05. The first-order valence-corrected chi connectivity index (χ1v) is 10.1. The number of rotatable bonds is 4. The van der Waals surface area contributed by atoms with Crippen LogP contribution in [0.2, 0.25) is 0 Å². The Morgan fingerprint density at radius 3 is 2.59 bits per heavy atom. The lowest BCUT2D eigenvalue weighted by Gasteiger charge is -2.33. The largest absolute Gasteiger partial charge is 0.477 e. The van der Waals surface area contributed by atoms with Crippen molar-refractivity contribution in [3.8, 4) is 0 Å². The number of aromatic carboxylic acids is 1. The first-order valence-electron chi connectivity index (χ1n) is 10.1. The van der Waals surface area contributed by atoms with Crippen LogP contribution in [-0.4, -0.2) is 53.7 Å². The molecule has 0 amide bonds. The van der Waals surface area contributed by atoms with Gasteiger partial charge < -0.3 is 25.0 Å². The predicted molar refractivity (Wildman–Crippen MR) is 109 cm³/mol. The van der Waals surface area contributed by atoms with Crippen LogP contribution >= 0.6 is 0 Å². The van der Waals surface area contributed by atoms with Crippen molar-refractivity contribution in [3.63, 3.8) is 0 Å². The highest BCUT2D eigenvalue weighted by atomic mass is 19.4. The van der Waals surface area contributed by atoms with Gasteiger partial charge in [-0.3, -0.25) is 4.79 Å². The minimum Gasteiger partial charge on any atom is -0.477 e. The predicted octanol–water partition coefficient (Wildman–Crippen LogP) is 2.69. The standard InChI is InChI=1S/C21H23F4N3O4/c1-19(2,21(23,24)25)28-8-13(18(30)31)17(29)12-5-14(22)16(6-15(12)28)27-7-11-3-4-32-20(11,9-26)10-27/h5-6,8,11H,3-4,7,9-10,26H2,1-2H3,(H,30,31). The number of nitrogens with zero attached hydrogens (tertiary/aromatic N) is 2. The van der Waals surface area contributed by atoms with Gasteiger partial charge in [0.05, 0.1) is 11.2 Å². The van der Waals surface area contributed by atoms with Crippen molar-refractivity contribution in [3.05, 3.63) is 39.9 Å². The molecule has 3 heterocycles. The molecule has 3 N–H and O–H groups in total. The molecule has 1 aromatic carbocycles. The molecule has 0 aliphatic carbocycles. The van der Waals surface area contributed by atoms with Crippen molar-refractivity contribution >= 4 is 22.6 Å². The second kappa shape index (κ2) is 7.17. The zero-order chi connectivity index (χ0) is 23.6. The molecule has 1 aromatic heterocycles. The summed E-state index contributed by atoms with van der Waals surface area (Å²) >= 11 is 0. The minimum atomic E-state index is -4.78. The number of ether oxygens (including phenoxy) is 1. The maximum atomic E-state index is 15.1. The lowest BCUT2D eigenvalue weighted by atomic mass is 9.91. The van der Waals surface area contributed by atoms with E-state index in [2.05, 4.69) is 0 Å². The van der Waals surface area contributed by atoms with Crippen LogP contribution in [0.25, 0.3) is 10.9 Å². The molecule has 32 heavy (non-hydrogen) atoms. The van der Waals surface area contributed by atoms with E-state index in [9.17, 15) is 27.9 Å². The van der Waals surface area contributed by atoms with E-state index in [0.717, 1.165) is 26.3 Å². The molecule has 0 saturated carbocycles. The van der Waals surface area contributed by atoms with E-state index in [1.165, 1.54) is 6.07 Å². The molecule has 2 saturated heterocycles. The fourth-order valence-electron chi connectivity index (χ4n) is 4.67. The molecule has 7 nitrogen and oxygen atoms in total. The summed E-state index contributed by atoms with van der Waals surface area (Å²) in [4.78, 5) is 25.8. The number of aromatic nitrogens is 1. The molecule has 2 aromatic rings. The highest BCUT2D eigenvalue weighted by Gasteiger charge is 2.51. The quantitative estimate of drug-likeness (QED) is 0.686. The molecule has 11 heteroatoms. The molecular weight excluding hydrogens is 434 g/mol. The number of hydrogen-bond donors (Lipinski definition) is 2. The number of alkyl halides is 3. The van der Waals surface area contributed by atoms with Crippen molar-refractivity contribution in [1.29, 1.82) is 0 Å². The molecule has 0 spiro atoms. The number of nitrogens with two attached hydrogens (primary N) is 1. The summed E-state index contributed by atoms with van der Waals surface area (Å²) in [6.45, 7) is 3.15. The molecule has 2 aliphatic heterocycles. The van der Waals surface area contributed by atoms with Crippen LogP contribution in [0, 0.1) is 11.7 Å². The summed E-state index contributed by atoms with van der Waals surface area (Å²) in [5.41, 5.74) is 0.565. The molecule has 174 valence electrons. The molecular formula is C21H23F4N3O4. The van der Waals surface area contributed by atoms with Crippen molar-refractivity contribution < 1.29 is 32.2 Å². The number of carbonyl (C=O) groups is 1. The lowest BCUT2D eigenvalue weighted by molar-refractivity contribution is -0.201. The minimum absolute atomic E-state index is 0.0116. The topological polar surface area (TPSA) is 97.8 Å². The van der Waals surface area contributed by atoms with Gasteiger partial charge in [-0.05, 0) is 32.4 Å². The van der Waals surface area contributed by atoms with Crippen LogP contribution in [0.1, 0.15) is 30.6 Å². The number of benzene rings is 1. The van der Waals surface area contributed by atoms with Gasteiger partial charge in [0.1, 0.15) is 22.5 Å². The Labute approximate surface area is 180 Å². The van der Waals surface area contributed by atoms with Crippen molar-refractivity contribution in [2.24, 2.45) is 11.7 Å². The molecule has 2 unspecified atom stereocenters. The van der Waals surface area contributed by atoms with Gasteiger partial charge >= 0.3 is 12.1 Å². The second-order valence-corrected chi connectivity index (χ2v) is 8.91. The van der Waals surface area contributed by atoms with Crippen LogP contribution in [0.5, 0.6) is 0 Å². The Bertz CT molecular complexity index is 1160. The molecule has 0 radical (unpaired) electrons. The van der Waals surface area contributed by atoms with E-state index in [4.69, 9.17) is 10.5 Å². The molecule has 2 aliphatic rings. The highest BCUT2D eigenvalue weighted by molar-refractivity contribution is 5.93. The van der Waals surface area contributed by atoms with Gasteiger partial charge in [0.2, 0.25) is 5.43 Å². The average molecular weight is 457 g/mol. The van der Waals surface area contributed by atoms with Gasteiger partial charge in [0.25, 0.3) is 0 Å². The Balaban J connectivity index is 1.95. The number of carboxylic acids is 1. The fraction of sp³-hybridized carbons (Fsp3) is 0.524. The normalized spacial score (nSPS) is 23.7. The van der Waals surface area contributed by atoms with Crippen LogP contribution in [0.4, 0.5) is 23.2 Å². The van der Waals surface area contributed by atoms with E-state index in [0.29, 0.717) is 23.9 Å². The van der Waals surface area contributed by atoms with Crippen LogP contribution in [0.15, 0.2) is 23.1 Å². The number of halogens is 4. The Hall–Kier alpha value is -2.66. The van der Waals surface area contributed by atoms with Crippen LogP contribution in [0.3, 0.4) is 0 Å². The van der Waals surface area contributed by atoms with E-state index in [-0.39, 0.29) is 30.2 Å². The van der Waals surface area contributed by atoms with Crippen molar-refractivity contribution in [1.82, 2.24) is 4.57 Å². The van der Waals surface area contributed by atoms with E-state index >= 15 is 4.39 Å². The maximum absolute atomic E-state index is 15.1. The smallest absolute Gasteiger partial charge is 0.411 e. The number of anilines is 1. The van der Waals surface area contributed by atoms with Gasteiger partial charge in [-0.15, -0.1) is 0 Å². The van der Waals surface area contributed by atoms with Gasteiger partial charge in [0, 0.05) is 43.7 Å². The van der Waals surface area contributed by atoms with Gasteiger partial charge in [-0.2, -0.15) is 13.2 Å². The third-order valence-corrected chi connectivity index (χ3v) is 6.78. The maximum Gasteiger partial charge on any atom is 0.411 e. The number of pyridine rings is 1. The van der Waals surface area contributed by atoms with Crippen LogP contribution < -0.4 is 16.1 Å². The van der Waals surface area contributed by atoms with Gasteiger partial charge in [-0.1, -0.05) is 0 Å². The Morgan fingerprint density at radius 2 is 2.03 bits per heavy atom. The Morgan fingerprint density at radius 1 is 1.34 bits per heavy atom. The van der Waals surface area contributed by atoms with Crippen molar-refractivity contribution in [2.45, 2.75) is 37.6 Å². The number of fused-ring (bicyclic) bond motifs is 2. The number of hydrogen-bond acceptors (Lipinski definition) is 5. The first kappa shape index (κ1) is 22.5. The summed E-state index contributed by atoms with van der Waals surface area (Å²) < 4.78 is 63.2. The number of carboxylic acid groups (broad SMARTS) is 1. The van der Waals surface area contributed by atoms with E-state index in [1.807, 2.05) is 0 Å². The fourth-order valence-corrected chi connectivity index (χ4v) is 4.67. The monoisotopic (exact) mass is 457 g/mol. The zero-order valence-electron chi connectivity index (χ0n) is 17.5. The van der Waals surface area contributed by atoms with Gasteiger partial charge in [-0.25, -0.2) is 9.18 Å². The highest BCUT2D eigenvalue weighted by Crippen LogP contribution is 2.42. The van der Waals surface area contributed by atoms with Crippen LogP contribution in [-0.2, 0) is 10.3 Å². The molecule has 2 fully saturated rings. The van der Waals surface area contributed by atoms with E-state index in [1.54, 1.807) is 4.90 Å².